The van der Waals surface area contributed by atoms with Gasteiger partial charge in [0.1, 0.15) is 0 Å². The molecule has 1 saturated carbocycles. The van der Waals surface area contributed by atoms with Crippen LogP contribution in [0, 0.1) is 11.3 Å². The molecule has 2 rings (SSSR count). The molecule has 1 aliphatic carbocycles. The molecule has 0 bridgehead atoms. The van der Waals surface area contributed by atoms with Gasteiger partial charge in [-0.05, 0) is 42.2 Å². The van der Waals surface area contributed by atoms with Crippen molar-refractivity contribution in [2.75, 3.05) is 6.54 Å². The topological polar surface area (TPSA) is 27.8 Å². The van der Waals surface area contributed by atoms with E-state index < -0.39 is 0 Å². The summed E-state index contributed by atoms with van der Waals surface area (Å²) in [4.78, 5) is 3.11. The molecule has 1 heterocycles. The zero-order valence-corrected chi connectivity index (χ0v) is 11.3. The summed E-state index contributed by atoms with van der Waals surface area (Å²) in [6, 6.07) is 2.15. The number of aromatic amines is 1. The number of hydrogen-bond acceptors (Lipinski definition) is 1. The summed E-state index contributed by atoms with van der Waals surface area (Å²) in [5, 5.41) is 3.66. The molecule has 0 aliphatic heterocycles. The van der Waals surface area contributed by atoms with Crippen LogP contribution in [0.1, 0.15) is 51.5 Å². The molecule has 0 unspecified atom stereocenters. The molecule has 1 aromatic rings. The second-order valence-corrected chi connectivity index (χ2v) is 6.13. The highest BCUT2D eigenvalue weighted by Gasteiger charge is 2.33. The lowest BCUT2D eigenvalue weighted by atomic mass is 9.78. The number of aromatic nitrogens is 1. The van der Waals surface area contributed by atoms with Crippen LogP contribution in [0.25, 0.3) is 0 Å². The Kier molecular flexibility index (Phi) is 4.27. The average Bonchev–Trinajstić information content (AvgIpc) is 2.89. The molecule has 0 atom stereocenters. The third-order valence-corrected chi connectivity index (χ3v) is 4.00. The van der Waals surface area contributed by atoms with Crippen LogP contribution in [0.2, 0.25) is 0 Å². The van der Waals surface area contributed by atoms with Gasteiger partial charge in [-0.2, -0.15) is 0 Å². The van der Waals surface area contributed by atoms with Crippen molar-refractivity contribution in [3.05, 3.63) is 24.0 Å². The number of H-pyrrole nitrogens is 1. The van der Waals surface area contributed by atoms with Crippen molar-refractivity contribution in [2.45, 2.75) is 52.5 Å². The highest BCUT2D eigenvalue weighted by atomic mass is 14.9. The summed E-state index contributed by atoms with van der Waals surface area (Å²) >= 11 is 0. The quantitative estimate of drug-likeness (QED) is 0.771. The Bertz CT molecular complexity index is 308. The fourth-order valence-electron chi connectivity index (χ4n) is 3.38. The summed E-state index contributed by atoms with van der Waals surface area (Å²) in [5.41, 5.74) is 1.95. The largest absolute Gasteiger partial charge is 0.367 e. The highest BCUT2D eigenvalue weighted by Crippen LogP contribution is 2.42. The van der Waals surface area contributed by atoms with Crippen LogP contribution >= 0.6 is 0 Å². The first-order chi connectivity index (χ1) is 8.20. The van der Waals surface area contributed by atoms with E-state index in [4.69, 9.17) is 0 Å². The predicted molar refractivity (Wildman–Crippen MR) is 72.9 cm³/mol. The molecular weight excluding hydrogens is 208 g/mol. The van der Waals surface area contributed by atoms with E-state index >= 15 is 0 Å². The molecule has 2 N–H and O–H groups in total. The van der Waals surface area contributed by atoms with Crippen molar-refractivity contribution < 1.29 is 0 Å². The molecule has 1 aromatic heterocycles. The summed E-state index contributed by atoms with van der Waals surface area (Å²) < 4.78 is 0. The molecule has 96 valence electrons. The van der Waals surface area contributed by atoms with Crippen LogP contribution in [0.3, 0.4) is 0 Å². The lowest BCUT2D eigenvalue weighted by molar-refractivity contribution is 0.223. The summed E-state index contributed by atoms with van der Waals surface area (Å²) in [6.07, 6.45) is 11.2. The van der Waals surface area contributed by atoms with Crippen LogP contribution in [0.15, 0.2) is 18.5 Å². The van der Waals surface area contributed by atoms with E-state index in [0.717, 1.165) is 12.5 Å². The second kappa shape index (κ2) is 5.72. The molecule has 0 radical (unpaired) electrons. The number of nitrogens with one attached hydrogen (secondary N) is 2. The van der Waals surface area contributed by atoms with Gasteiger partial charge in [0.2, 0.25) is 0 Å². The monoisotopic (exact) mass is 234 g/mol. The van der Waals surface area contributed by atoms with Gasteiger partial charge in [0.25, 0.3) is 0 Å². The molecular formula is C15H26N2. The third kappa shape index (κ3) is 3.60. The first-order valence-electron chi connectivity index (χ1n) is 7.03. The maximum atomic E-state index is 3.66. The van der Waals surface area contributed by atoms with Crippen LogP contribution in [0.5, 0.6) is 0 Å². The molecule has 2 nitrogen and oxygen atoms in total. The van der Waals surface area contributed by atoms with Gasteiger partial charge in [-0.15, -0.1) is 0 Å². The van der Waals surface area contributed by atoms with Gasteiger partial charge >= 0.3 is 0 Å². The molecule has 0 spiro atoms. The fourth-order valence-corrected chi connectivity index (χ4v) is 3.38. The van der Waals surface area contributed by atoms with Crippen molar-refractivity contribution in [2.24, 2.45) is 11.3 Å². The second-order valence-electron chi connectivity index (χ2n) is 6.13. The summed E-state index contributed by atoms with van der Waals surface area (Å²) in [6.45, 7) is 6.90. The zero-order chi connectivity index (χ0) is 12.1. The van der Waals surface area contributed by atoms with Crippen molar-refractivity contribution in [1.82, 2.24) is 10.3 Å². The fraction of sp³-hybridized carbons (Fsp3) is 0.733. The first-order valence-corrected chi connectivity index (χ1v) is 7.03. The Morgan fingerprint density at radius 1 is 1.35 bits per heavy atom. The molecule has 0 saturated heterocycles. The Labute approximate surface area is 105 Å². The van der Waals surface area contributed by atoms with E-state index in [-0.39, 0.29) is 0 Å². The SMILES string of the molecule is CC(C)CC1(CNCc2cc[nH]c2)CCCC1. The van der Waals surface area contributed by atoms with Crippen molar-refractivity contribution >= 4 is 0 Å². The summed E-state index contributed by atoms with van der Waals surface area (Å²) in [5.74, 6) is 0.821. The maximum Gasteiger partial charge on any atom is 0.0220 e. The van der Waals surface area contributed by atoms with Crippen LogP contribution in [0.4, 0.5) is 0 Å². The van der Waals surface area contributed by atoms with E-state index in [1.807, 2.05) is 6.20 Å². The van der Waals surface area contributed by atoms with E-state index in [2.05, 4.69) is 36.4 Å². The molecule has 1 fully saturated rings. The molecule has 2 heteroatoms. The van der Waals surface area contributed by atoms with Gasteiger partial charge in [-0.3, -0.25) is 0 Å². The minimum Gasteiger partial charge on any atom is -0.367 e. The Hall–Kier alpha value is -0.760. The predicted octanol–water partition coefficient (Wildman–Crippen LogP) is 3.71. The molecule has 17 heavy (non-hydrogen) atoms. The van der Waals surface area contributed by atoms with Gasteiger partial charge in [0, 0.05) is 25.5 Å². The zero-order valence-electron chi connectivity index (χ0n) is 11.3. The first kappa shape index (κ1) is 12.7. The molecule has 1 aliphatic rings. The van der Waals surface area contributed by atoms with Gasteiger partial charge in [-0.1, -0.05) is 26.7 Å². The Morgan fingerprint density at radius 3 is 2.71 bits per heavy atom. The number of hydrogen-bond donors (Lipinski definition) is 2. The van der Waals surface area contributed by atoms with E-state index in [1.165, 1.54) is 44.2 Å². The van der Waals surface area contributed by atoms with Crippen molar-refractivity contribution in [1.29, 1.82) is 0 Å². The molecule has 0 amide bonds. The van der Waals surface area contributed by atoms with Crippen molar-refractivity contribution in [3.63, 3.8) is 0 Å². The normalized spacial score (nSPS) is 19.0. The Balaban J connectivity index is 1.81. The van der Waals surface area contributed by atoms with E-state index in [9.17, 15) is 0 Å². The van der Waals surface area contributed by atoms with Gasteiger partial charge in [-0.25, -0.2) is 0 Å². The van der Waals surface area contributed by atoms with Crippen LogP contribution in [-0.2, 0) is 6.54 Å². The smallest absolute Gasteiger partial charge is 0.0220 e. The lowest BCUT2D eigenvalue weighted by Gasteiger charge is -2.31. The minimum atomic E-state index is 0.588. The standard InChI is InChI=1S/C15H26N2/c1-13(2)9-15(6-3-4-7-15)12-17-11-14-5-8-16-10-14/h5,8,10,13,16-17H,3-4,6-7,9,11-12H2,1-2H3. The van der Waals surface area contributed by atoms with Gasteiger partial charge in [0.05, 0.1) is 0 Å². The maximum absolute atomic E-state index is 3.66. The average molecular weight is 234 g/mol. The highest BCUT2D eigenvalue weighted by molar-refractivity contribution is 5.07. The molecule has 0 aromatic carbocycles. The van der Waals surface area contributed by atoms with Gasteiger partial charge in [0.15, 0.2) is 0 Å². The van der Waals surface area contributed by atoms with E-state index in [0.29, 0.717) is 5.41 Å². The number of rotatable bonds is 6. The van der Waals surface area contributed by atoms with Crippen LogP contribution in [-0.4, -0.2) is 11.5 Å². The summed E-state index contributed by atoms with van der Waals surface area (Å²) in [7, 11) is 0. The Morgan fingerprint density at radius 2 is 2.12 bits per heavy atom. The van der Waals surface area contributed by atoms with Gasteiger partial charge < -0.3 is 10.3 Å². The third-order valence-electron chi connectivity index (χ3n) is 4.00. The van der Waals surface area contributed by atoms with Crippen molar-refractivity contribution in [3.8, 4) is 0 Å². The minimum absolute atomic E-state index is 0.588. The van der Waals surface area contributed by atoms with Crippen LogP contribution < -0.4 is 5.32 Å². The van der Waals surface area contributed by atoms with E-state index in [1.54, 1.807) is 0 Å². The lowest BCUT2D eigenvalue weighted by Crippen LogP contribution is -2.33.